The molecule has 0 aliphatic heterocycles. The Hall–Kier alpha value is -1.10. The standard InChI is InChI=1S/C7H10ClN3O2/c1-5(2)3-10-4-9-7(6(10)8)11(12)13/h4-5H,3H2,1-2H3. The first kappa shape index (κ1) is 9.98. The molecule has 0 spiro atoms. The Morgan fingerprint density at radius 3 is 2.77 bits per heavy atom. The Morgan fingerprint density at radius 1 is 1.77 bits per heavy atom. The van der Waals surface area contributed by atoms with Crippen molar-refractivity contribution >= 4 is 17.4 Å². The molecule has 6 heteroatoms. The highest BCUT2D eigenvalue weighted by Crippen LogP contribution is 2.22. The molecular formula is C7H10ClN3O2. The highest BCUT2D eigenvalue weighted by atomic mass is 35.5. The average Bonchev–Trinajstić information content (AvgIpc) is 2.32. The summed E-state index contributed by atoms with van der Waals surface area (Å²) in [5.41, 5.74) is 0. The van der Waals surface area contributed by atoms with Gasteiger partial charge in [0.05, 0.1) is 0 Å². The molecule has 0 atom stereocenters. The maximum atomic E-state index is 10.4. The number of hydrogen-bond acceptors (Lipinski definition) is 3. The van der Waals surface area contributed by atoms with Crippen LogP contribution in [0.25, 0.3) is 0 Å². The van der Waals surface area contributed by atoms with E-state index < -0.39 is 4.92 Å². The van der Waals surface area contributed by atoms with Gasteiger partial charge in [-0.3, -0.25) is 4.57 Å². The third-order valence-electron chi connectivity index (χ3n) is 1.49. The second-order valence-corrected chi connectivity index (χ2v) is 3.52. The molecule has 0 radical (unpaired) electrons. The van der Waals surface area contributed by atoms with Gasteiger partial charge in [-0.05, 0) is 15.8 Å². The molecule has 0 fully saturated rings. The van der Waals surface area contributed by atoms with Crippen LogP contribution in [0.4, 0.5) is 5.82 Å². The Kier molecular flexibility index (Phi) is 2.87. The summed E-state index contributed by atoms with van der Waals surface area (Å²) >= 11 is 5.72. The van der Waals surface area contributed by atoms with E-state index in [9.17, 15) is 10.1 Å². The van der Waals surface area contributed by atoms with E-state index in [1.807, 2.05) is 13.8 Å². The molecule has 0 aliphatic rings. The zero-order chi connectivity index (χ0) is 10.0. The van der Waals surface area contributed by atoms with Gasteiger partial charge in [0.15, 0.2) is 0 Å². The van der Waals surface area contributed by atoms with Crippen LogP contribution in [0.2, 0.25) is 5.15 Å². The second-order valence-electron chi connectivity index (χ2n) is 3.16. The minimum Gasteiger partial charge on any atom is -0.358 e. The Morgan fingerprint density at radius 2 is 2.38 bits per heavy atom. The molecule has 13 heavy (non-hydrogen) atoms. The van der Waals surface area contributed by atoms with Gasteiger partial charge in [-0.2, -0.15) is 0 Å². The van der Waals surface area contributed by atoms with Gasteiger partial charge >= 0.3 is 5.82 Å². The molecule has 0 N–H and O–H groups in total. The van der Waals surface area contributed by atoms with Crippen LogP contribution in [-0.4, -0.2) is 14.5 Å². The lowest BCUT2D eigenvalue weighted by molar-refractivity contribution is -0.389. The zero-order valence-corrected chi connectivity index (χ0v) is 8.15. The molecule has 72 valence electrons. The molecule has 5 nitrogen and oxygen atoms in total. The quantitative estimate of drug-likeness (QED) is 0.558. The van der Waals surface area contributed by atoms with E-state index in [1.54, 1.807) is 4.57 Å². The van der Waals surface area contributed by atoms with E-state index in [4.69, 9.17) is 11.6 Å². The van der Waals surface area contributed by atoms with Crippen molar-refractivity contribution in [3.63, 3.8) is 0 Å². The zero-order valence-electron chi connectivity index (χ0n) is 7.40. The van der Waals surface area contributed by atoms with E-state index >= 15 is 0 Å². The van der Waals surface area contributed by atoms with Crippen LogP contribution < -0.4 is 0 Å². The van der Waals surface area contributed by atoms with E-state index in [2.05, 4.69) is 4.98 Å². The monoisotopic (exact) mass is 203 g/mol. The van der Waals surface area contributed by atoms with Gasteiger partial charge in [-0.25, -0.2) is 0 Å². The minimum atomic E-state index is -0.584. The summed E-state index contributed by atoms with van der Waals surface area (Å²) < 4.78 is 1.57. The molecule has 0 aromatic carbocycles. The Labute approximate surface area is 80.5 Å². The van der Waals surface area contributed by atoms with Crippen LogP contribution in [-0.2, 0) is 6.54 Å². The molecule has 1 heterocycles. The Bertz CT molecular complexity index is 322. The van der Waals surface area contributed by atoms with Crippen LogP contribution in [0.15, 0.2) is 6.33 Å². The van der Waals surface area contributed by atoms with Crippen LogP contribution in [0.5, 0.6) is 0 Å². The van der Waals surface area contributed by atoms with Gasteiger partial charge in [0, 0.05) is 6.54 Å². The molecule has 0 saturated heterocycles. The van der Waals surface area contributed by atoms with Crippen LogP contribution in [0.1, 0.15) is 13.8 Å². The average molecular weight is 204 g/mol. The van der Waals surface area contributed by atoms with Gasteiger partial charge < -0.3 is 10.1 Å². The third kappa shape index (κ3) is 2.18. The molecule has 0 saturated carbocycles. The number of hydrogen-bond donors (Lipinski definition) is 0. The summed E-state index contributed by atoms with van der Waals surface area (Å²) in [6.45, 7) is 4.64. The molecular weight excluding hydrogens is 194 g/mol. The van der Waals surface area contributed by atoms with Gasteiger partial charge in [-0.1, -0.05) is 25.4 Å². The number of rotatable bonds is 3. The first-order valence-electron chi connectivity index (χ1n) is 3.87. The van der Waals surface area contributed by atoms with Crippen LogP contribution in [0.3, 0.4) is 0 Å². The molecule has 0 unspecified atom stereocenters. The SMILES string of the molecule is CC(C)Cn1cnc([N+](=O)[O-])c1Cl. The summed E-state index contributed by atoms with van der Waals surface area (Å²) in [6.07, 6.45) is 1.39. The first-order chi connectivity index (χ1) is 6.02. The summed E-state index contributed by atoms with van der Waals surface area (Å²) in [5.74, 6) is 0.105. The van der Waals surface area contributed by atoms with Crippen LogP contribution >= 0.6 is 11.6 Å². The van der Waals surface area contributed by atoms with Gasteiger partial charge in [0.25, 0.3) is 0 Å². The lowest BCUT2D eigenvalue weighted by atomic mass is 10.2. The highest BCUT2D eigenvalue weighted by Gasteiger charge is 2.19. The lowest BCUT2D eigenvalue weighted by Gasteiger charge is -2.04. The number of nitro groups is 1. The fourth-order valence-electron chi connectivity index (χ4n) is 1.000. The van der Waals surface area contributed by atoms with Crippen molar-refractivity contribution < 1.29 is 4.92 Å². The van der Waals surface area contributed by atoms with Crippen molar-refractivity contribution in [2.75, 3.05) is 0 Å². The maximum Gasteiger partial charge on any atom is 0.401 e. The van der Waals surface area contributed by atoms with Crippen molar-refractivity contribution in [1.82, 2.24) is 9.55 Å². The maximum absolute atomic E-state index is 10.4. The topological polar surface area (TPSA) is 61.0 Å². The van der Waals surface area contributed by atoms with E-state index in [1.165, 1.54) is 6.33 Å². The molecule has 1 aromatic heterocycles. The highest BCUT2D eigenvalue weighted by molar-refractivity contribution is 6.31. The predicted octanol–water partition coefficient (Wildman–Crippen LogP) is 2.10. The minimum absolute atomic E-state index is 0.0960. The van der Waals surface area contributed by atoms with Crippen molar-refractivity contribution in [2.24, 2.45) is 5.92 Å². The molecule has 1 aromatic rings. The summed E-state index contributed by atoms with van der Waals surface area (Å²) in [5, 5.41) is 10.5. The largest absolute Gasteiger partial charge is 0.401 e. The van der Waals surface area contributed by atoms with Gasteiger partial charge in [-0.15, -0.1) is 0 Å². The Balaban J connectivity index is 2.93. The molecule has 0 aliphatic carbocycles. The third-order valence-corrected chi connectivity index (χ3v) is 1.88. The first-order valence-corrected chi connectivity index (χ1v) is 4.25. The smallest absolute Gasteiger partial charge is 0.358 e. The van der Waals surface area contributed by atoms with Gasteiger partial charge in [0.2, 0.25) is 11.5 Å². The second kappa shape index (κ2) is 3.74. The number of imidazole rings is 1. The van der Waals surface area contributed by atoms with Crippen molar-refractivity contribution in [3.05, 3.63) is 21.6 Å². The van der Waals surface area contributed by atoms with Crippen LogP contribution in [0, 0.1) is 16.0 Å². The summed E-state index contributed by atoms with van der Waals surface area (Å²) in [7, 11) is 0. The summed E-state index contributed by atoms with van der Waals surface area (Å²) in [4.78, 5) is 13.4. The van der Waals surface area contributed by atoms with Crippen molar-refractivity contribution in [2.45, 2.75) is 20.4 Å². The lowest BCUT2D eigenvalue weighted by Crippen LogP contribution is -2.03. The van der Waals surface area contributed by atoms with Crippen molar-refractivity contribution in [1.29, 1.82) is 0 Å². The molecule has 0 bridgehead atoms. The summed E-state index contributed by atoms with van der Waals surface area (Å²) in [6, 6.07) is 0. The fourth-order valence-corrected chi connectivity index (χ4v) is 1.23. The molecule has 1 rings (SSSR count). The normalized spacial score (nSPS) is 10.8. The number of halogens is 1. The van der Waals surface area contributed by atoms with Gasteiger partial charge in [0.1, 0.15) is 0 Å². The fraction of sp³-hybridized carbons (Fsp3) is 0.571. The van der Waals surface area contributed by atoms with E-state index in [0.29, 0.717) is 12.5 Å². The molecule has 0 amide bonds. The van der Waals surface area contributed by atoms with E-state index in [0.717, 1.165) is 0 Å². The predicted molar refractivity (Wildman–Crippen MR) is 48.7 cm³/mol. The number of nitrogens with zero attached hydrogens (tertiary/aromatic N) is 3. The van der Waals surface area contributed by atoms with Crippen molar-refractivity contribution in [3.8, 4) is 0 Å². The van der Waals surface area contributed by atoms with E-state index in [-0.39, 0.29) is 11.0 Å². The number of aromatic nitrogens is 2.